The van der Waals surface area contributed by atoms with Gasteiger partial charge in [0.15, 0.2) is 12.1 Å². The van der Waals surface area contributed by atoms with Crippen LogP contribution >= 0.6 is 0 Å². The van der Waals surface area contributed by atoms with Crippen molar-refractivity contribution in [2.75, 3.05) is 0 Å². The molecule has 0 spiro atoms. The molecule has 0 aliphatic heterocycles. The van der Waals surface area contributed by atoms with Crippen LogP contribution in [-0.2, 0) is 9.59 Å². The normalized spacial score (nSPS) is 15.8. The van der Waals surface area contributed by atoms with E-state index in [1.807, 2.05) is 0 Å². The van der Waals surface area contributed by atoms with E-state index in [0.717, 1.165) is 0 Å². The van der Waals surface area contributed by atoms with Gasteiger partial charge in [-0.2, -0.15) is 0 Å². The minimum Gasteiger partial charge on any atom is -0.547 e. The maximum absolute atomic E-state index is 9.82. The molecule has 58 valence electrons. The standard InChI is InChI=1S/C4H7NO5/c5-1(3(7)8)2(6)4(9)10/h1-2,6H,5H2,(H,7,8)(H,9,10)/p-1/t1-,2?/m0/s1. The van der Waals surface area contributed by atoms with E-state index in [1.165, 1.54) is 0 Å². The number of quaternary nitrogens is 1. The third-order valence-electron chi connectivity index (χ3n) is 0.925. The first kappa shape index (κ1) is 8.86. The Balaban J connectivity index is 4.07. The number of aliphatic hydroxyl groups excluding tert-OH is 1. The average molecular weight is 148 g/mol. The molecule has 0 fully saturated rings. The molecular weight excluding hydrogens is 142 g/mol. The van der Waals surface area contributed by atoms with Gasteiger partial charge >= 0.3 is 0 Å². The van der Waals surface area contributed by atoms with Crippen molar-refractivity contribution in [3.8, 4) is 0 Å². The van der Waals surface area contributed by atoms with Gasteiger partial charge in [0.25, 0.3) is 0 Å². The summed E-state index contributed by atoms with van der Waals surface area (Å²) in [7, 11) is 0. The first-order valence-corrected chi connectivity index (χ1v) is 2.39. The quantitative estimate of drug-likeness (QED) is 0.412. The largest absolute Gasteiger partial charge is 0.547 e. The summed E-state index contributed by atoms with van der Waals surface area (Å²) in [6.07, 6.45) is -2.11. The van der Waals surface area contributed by atoms with E-state index in [9.17, 15) is 19.8 Å². The van der Waals surface area contributed by atoms with Crippen LogP contribution in [0, 0.1) is 0 Å². The van der Waals surface area contributed by atoms with Gasteiger partial charge in [0.05, 0.1) is 5.97 Å². The SMILES string of the molecule is [NH3+][C@H](C(=O)[O-])C(O)C(=O)[O-]. The molecular formula is C4H6NO5-. The molecule has 0 aromatic rings. The Morgan fingerprint density at radius 3 is 1.80 bits per heavy atom. The Morgan fingerprint density at radius 2 is 1.70 bits per heavy atom. The molecule has 10 heavy (non-hydrogen) atoms. The number of aliphatic carboxylic acids is 2. The molecule has 0 aliphatic rings. The molecule has 0 saturated carbocycles. The number of carbonyl (C=O) groups is 2. The smallest absolute Gasteiger partial charge is 0.156 e. The van der Waals surface area contributed by atoms with Crippen LogP contribution in [0.3, 0.4) is 0 Å². The van der Waals surface area contributed by atoms with E-state index >= 15 is 0 Å². The van der Waals surface area contributed by atoms with Crippen LogP contribution in [0.1, 0.15) is 0 Å². The zero-order valence-electron chi connectivity index (χ0n) is 4.94. The molecule has 4 N–H and O–H groups in total. The topological polar surface area (TPSA) is 128 Å². The van der Waals surface area contributed by atoms with Gasteiger partial charge in [-0.25, -0.2) is 0 Å². The number of carboxylic acid groups (broad SMARTS) is 2. The van der Waals surface area contributed by atoms with E-state index in [2.05, 4.69) is 5.73 Å². The van der Waals surface area contributed by atoms with Crippen LogP contribution in [0.5, 0.6) is 0 Å². The van der Waals surface area contributed by atoms with Crippen LogP contribution in [-0.4, -0.2) is 29.2 Å². The highest BCUT2D eigenvalue weighted by atomic mass is 16.4. The highest BCUT2D eigenvalue weighted by Gasteiger charge is 2.19. The lowest BCUT2D eigenvalue weighted by Crippen LogP contribution is -2.75. The summed E-state index contributed by atoms with van der Waals surface area (Å²) in [6.45, 7) is 0. The van der Waals surface area contributed by atoms with E-state index in [0.29, 0.717) is 0 Å². The number of carbonyl (C=O) groups excluding carboxylic acids is 2. The summed E-state index contributed by atoms with van der Waals surface area (Å²) in [6, 6.07) is -1.69. The predicted octanol–water partition coefficient (Wildman–Crippen LogP) is -5.54. The first-order valence-electron chi connectivity index (χ1n) is 2.39. The fourth-order valence-corrected chi connectivity index (χ4v) is 0.293. The lowest BCUT2D eigenvalue weighted by atomic mass is 10.2. The molecule has 0 aromatic carbocycles. The van der Waals surface area contributed by atoms with Crippen LogP contribution in [0.4, 0.5) is 0 Å². The third kappa shape index (κ3) is 2.00. The maximum atomic E-state index is 9.82. The second-order valence-electron chi connectivity index (χ2n) is 1.69. The highest BCUT2D eigenvalue weighted by Crippen LogP contribution is 1.83. The lowest BCUT2D eigenvalue weighted by molar-refractivity contribution is -0.454. The molecule has 6 nitrogen and oxygen atoms in total. The van der Waals surface area contributed by atoms with E-state index in [-0.39, 0.29) is 0 Å². The van der Waals surface area contributed by atoms with Gasteiger partial charge in [0.1, 0.15) is 5.97 Å². The van der Waals surface area contributed by atoms with Gasteiger partial charge in [-0.15, -0.1) is 0 Å². The Morgan fingerprint density at radius 1 is 1.30 bits per heavy atom. The molecule has 0 bridgehead atoms. The van der Waals surface area contributed by atoms with Crippen molar-refractivity contribution < 1.29 is 30.6 Å². The monoisotopic (exact) mass is 148 g/mol. The molecule has 6 heteroatoms. The maximum Gasteiger partial charge on any atom is 0.156 e. The van der Waals surface area contributed by atoms with Gasteiger partial charge in [0.2, 0.25) is 0 Å². The minimum absolute atomic E-state index is 1.69. The number of rotatable bonds is 3. The molecule has 2 atom stereocenters. The summed E-state index contributed by atoms with van der Waals surface area (Å²) in [4.78, 5) is 19.6. The summed E-state index contributed by atoms with van der Waals surface area (Å²) >= 11 is 0. The van der Waals surface area contributed by atoms with Crippen LogP contribution in [0.25, 0.3) is 0 Å². The molecule has 0 heterocycles. The summed E-state index contributed by atoms with van der Waals surface area (Å²) in [5.41, 5.74) is 2.83. The number of hydrogen-bond donors (Lipinski definition) is 2. The number of carboxylic acids is 2. The molecule has 0 aromatic heterocycles. The molecule has 0 saturated heterocycles. The number of hydrogen-bond acceptors (Lipinski definition) is 5. The molecule has 1 unspecified atom stereocenters. The van der Waals surface area contributed by atoms with Crippen LogP contribution in [0.15, 0.2) is 0 Å². The van der Waals surface area contributed by atoms with Gasteiger partial charge in [0, 0.05) is 0 Å². The van der Waals surface area contributed by atoms with Crippen molar-refractivity contribution >= 4 is 11.9 Å². The zero-order chi connectivity index (χ0) is 8.31. The zero-order valence-corrected chi connectivity index (χ0v) is 4.94. The van der Waals surface area contributed by atoms with Crippen molar-refractivity contribution in [1.82, 2.24) is 0 Å². The molecule has 0 radical (unpaired) electrons. The second kappa shape index (κ2) is 3.14. The second-order valence-corrected chi connectivity index (χ2v) is 1.69. The fourth-order valence-electron chi connectivity index (χ4n) is 0.293. The average Bonchev–Trinajstić information content (AvgIpc) is 1.84. The van der Waals surface area contributed by atoms with Crippen molar-refractivity contribution in [3.63, 3.8) is 0 Å². The van der Waals surface area contributed by atoms with E-state index in [4.69, 9.17) is 5.11 Å². The highest BCUT2D eigenvalue weighted by molar-refractivity contribution is 5.80. The Hall–Kier alpha value is -1.14. The molecule has 0 rings (SSSR count). The predicted molar refractivity (Wildman–Crippen MR) is 22.7 cm³/mol. The third-order valence-corrected chi connectivity index (χ3v) is 0.925. The Labute approximate surface area is 55.9 Å². The minimum atomic E-state index is -2.11. The lowest BCUT2D eigenvalue weighted by Gasteiger charge is -2.16. The Kier molecular flexibility index (Phi) is 2.78. The summed E-state index contributed by atoms with van der Waals surface area (Å²) < 4.78 is 0. The van der Waals surface area contributed by atoms with Gasteiger partial charge in [-0.05, 0) is 0 Å². The van der Waals surface area contributed by atoms with Crippen LogP contribution in [0.2, 0.25) is 0 Å². The fraction of sp³-hybridized carbons (Fsp3) is 0.500. The van der Waals surface area contributed by atoms with Crippen LogP contribution < -0.4 is 15.9 Å². The molecule has 0 aliphatic carbocycles. The van der Waals surface area contributed by atoms with E-state index < -0.39 is 24.1 Å². The van der Waals surface area contributed by atoms with Gasteiger partial charge < -0.3 is 30.6 Å². The van der Waals surface area contributed by atoms with Crippen molar-refractivity contribution in [2.24, 2.45) is 0 Å². The first-order chi connectivity index (χ1) is 4.46. The van der Waals surface area contributed by atoms with Gasteiger partial charge in [-0.1, -0.05) is 0 Å². The van der Waals surface area contributed by atoms with Gasteiger partial charge in [-0.3, -0.25) is 0 Å². The summed E-state index contributed by atoms with van der Waals surface area (Å²) in [5, 5.41) is 28.0. The summed E-state index contributed by atoms with van der Waals surface area (Å²) in [5.74, 6) is -3.60. The Bertz CT molecular complexity index is 138. The number of aliphatic hydroxyl groups is 1. The van der Waals surface area contributed by atoms with Crippen molar-refractivity contribution in [2.45, 2.75) is 12.1 Å². The van der Waals surface area contributed by atoms with E-state index in [1.54, 1.807) is 0 Å². The van der Waals surface area contributed by atoms with Crippen molar-refractivity contribution in [3.05, 3.63) is 0 Å². The molecule has 0 amide bonds. The van der Waals surface area contributed by atoms with Crippen molar-refractivity contribution in [1.29, 1.82) is 0 Å².